The van der Waals surface area contributed by atoms with E-state index in [1.165, 1.54) is 5.57 Å². The van der Waals surface area contributed by atoms with Gasteiger partial charge in [-0.05, 0) is 25.0 Å². The highest BCUT2D eigenvalue weighted by atomic mass is 79.9. The highest BCUT2D eigenvalue weighted by Gasteiger charge is 2.14. The monoisotopic (exact) mass is 239 g/mol. The molecule has 0 saturated carbocycles. The van der Waals surface area contributed by atoms with Crippen LogP contribution in [0.25, 0.3) is 0 Å². The Kier molecular flexibility index (Phi) is 3.67. The lowest BCUT2D eigenvalue weighted by molar-refractivity contribution is 0.801. The average molecular weight is 240 g/mol. The van der Waals surface area contributed by atoms with Crippen molar-refractivity contribution < 1.29 is 0 Å². The maximum absolute atomic E-state index is 7.71. The summed E-state index contributed by atoms with van der Waals surface area (Å²) in [4.78, 5) is 0. The van der Waals surface area contributed by atoms with E-state index >= 15 is 0 Å². The first kappa shape index (κ1) is 10.5. The number of rotatable bonds is 3. The van der Waals surface area contributed by atoms with Gasteiger partial charge in [-0.15, -0.1) is 0 Å². The molecule has 1 aliphatic rings. The molecule has 1 unspecified atom stereocenters. The van der Waals surface area contributed by atoms with Crippen molar-refractivity contribution in [1.82, 2.24) is 0 Å². The molecule has 0 aromatic carbocycles. The van der Waals surface area contributed by atoms with Crippen molar-refractivity contribution in [2.24, 2.45) is 5.92 Å². The summed E-state index contributed by atoms with van der Waals surface area (Å²) in [5.74, 6) is 0.215. The summed E-state index contributed by atoms with van der Waals surface area (Å²) in [5, 5.41) is 7.71. The maximum atomic E-state index is 7.71. The summed E-state index contributed by atoms with van der Waals surface area (Å²) < 4.78 is 1.07. The molecular weight excluding hydrogens is 226 g/mol. The predicted molar refractivity (Wildman–Crippen MR) is 61.4 cm³/mol. The Morgan fingerprint density at radius 3 is 2.92 bits per heavy atom. The molecule has 1 aliphatic carbocycles. The summed E-state index contributed by atoms with van der Waals surface area (Å²) in [7, 11) is 0. The van der Waals surface area contributed by atoms with Crippen LogP contribution in [0.4, 0.5) is 0 Å². The van der Waals surface area contributed by atoms with Crippen LogP contribution in [0.2, 0.25) is 0 Å². The Balaban J connectivity index is 2.65. The van der Waals surface area contributed by atoms with Gasteiger partial charge in [-0.3, -0.25) is 0 Å². The molecule has 0 amide bonds. The number of hydrogen-bond donors (Lipinski definition) is 1. The standard InChI is InChI=1S/C11H14BrN/c1-3-8(2)6-9-7-10(12)4-5-11(9)13/h4-5,7,9,13H,2-3,6H2,1H3. The van der Waals surface area contributed by atoms with Gasteiger partial charge in [0.05, 0.1) is 0 Å². The van der Waals surface area contributed by atoms with Crippen LogP contribution in [0, 0.1) is 11.3 Å². The summed E-state index contributed by atoms with van der Waals surface area (Å²) in [6.45, 7) is 6.06. The molecule has 0 aliphatic heterocycles. The van der Waals surface area contributed by atoms with E-state index in [0.29, 0.717) is 5.71 Å². The van der Waals surface area contributed by atoms with Gasteiger partial charge in [0.15, 0.2) is 0 Å². The number of halogens is 1. The third kappa shape index (κ3) is 2.96. The van der Waals surface area contributed by atoms with Crippen molar-refractivity contribution in [2.45, 2.75) is 19.8 Å². The third-order valence-electron chi connectivity index (χ3n) is 2.19. The highest BCUT2D eigenvalue weighted by molar-refractivity contribution is 9.11. The molecule has 0 radical (unpaired) electrons. The number of nitrogens with one attached hydrogen (secondary N) is 1. The summed E-state index contributed by atoms with van der Waals surface area (Å²) in [5.41, 5.74) is 1.89. The second-order valence-electron chi connectivity index (χ2n) is 3.25. The van der Waals surface area contributed by atoms with E-state index in [-0.39, 0.29) is 5.92 Å². The van der Waals surface area contributed by atoms with Gasteiger partial charge in [-0.1, -0.05) is 41.1 Å². The molecule has 0 spiro atoms. The van der Waals surface area contributed by atoms with E-state index in [4.69, 9.17) is 5.41 Å². The second-order valence-corrected chi connectivity index (χ2v) is 4.17. The molecule has 0 aromatic rings. The van der Waals surface area contributed by atoms with Gasteiger partial charge in [0.2, 0.25) is 0 Å². The molecule has 1 atom stereocenters. The van der Waals surface area contributed by atoms with Gasteiger partial charge >= 0.3 is 0 Å². The zero-order chi connectivity index (χ0) is 9.84. The first-order valence-corrected chi connectivity index (χ1v) is 5.23. The Morgan fingerprint density at radius 2 is 2.31 bits per heavy atom. The van der Waals surface area contributed by atoms with Gasteiger partial charge in [0.1, 0.15) is 0 Å². The predicted octanol–water partition coefficient (Wildman–Crippen LogP) is 3.83. The molecule has 1 nitrogen and oxygen atoms in total. The Bertz CT molecular complexity index is 286. The van der Waals surface area contributed by atoms with Crippen molar-refractivity contribution in [3.63, 3.8) is 0 Å². The molecule has 0 heterocycles. The normalized spacial score (nSPS) is 21.5. The third-order valence-corrected chi connectivity index (χ3v) is 2.72. The molecule has 1 N–H and O–H groups in total. The van der Waals surface area contributed by atoms with Crippen molar-refractivity contribution in [2.75, 3.05) is 0 Å². The van der Waals surface area contributed by atoms with E-state index < -0.39 is 0 Å². The van der Waals surface area contributed by atoms with Crippen LogP contribution < -0.4 is 0 Å². The van der Waals surface area contributed by atoms with Crippen LogP contribution >= 0.6 is 15.9 Å². The van der Waals surface area contributed by atoms with Crippen LogP contribution in [0.15, 0.2) is 34.9 Å². The molecule has 0 aromatic heterocycles. The van der Waals surface area contributed by atoms with Gasteiger partial charge < -0.3 is 5.41 Å². The van der Waals surface area contributed by atoms with Crippen molar-refractivity contribution >= 4 is 21.6 Å². The fraction of sp³-hybridized carbons (Fsp3) is 0.364. The summed E-state index contributed by atoms with van der Waals surface area (Å²) in [6, 6.07) is 0. The molecule has 70 valence electrons. The maximum Gasteiger partial charge on any atom is 0.0386 e. The fourth-order valence-electron chi connectivity index (χ4n) is 1.25. The average Bonchev–Trinajstić information content (AvgIpc) is 2.11. The second kappa shape index (κ2) is 4.56. The minimum Gasteiger partial charge on any atom is -0.305 e. The lowest BCUT2D eigenvalue weighted by atomic mass is 9.91. The van der Waals surface area contributed by atoms with Crippen LogP contribution in [0.5, 0.6) is 0 Å². The molecule has 0 bridgehead atoms. The topological polar surface area (TPSA) is 23.9 Å². The minimum absolute atomic E-state index is 0.215. The van der Waals surface area contributed by atoms with Crippen LogP contribution in [0.1, 0.15) is 19.8 Å². The first-order valence-electron chi connectivity index (χ1n) is 4.44. The van der Waals surface area contributed by atoms with Crippen molar-refractivity contribution in [1.29, 1.82) is 5.41 Å². The summed E-state index contributed by atoms with van der Waals surface area (Å²) in [6.07, 6.45) is 7.72. The van der Waals surface area contributed by atoms with Crippen molar-refractivity contribution in [3.05, 3.63) is 34.9 Å². The quantitative estimate of drug-likeness (QED) is 0.725. The lowest BCUT2D eigenvalue weighted by Gasteiger charge is -2.16. The van der Waals surface area contributed by atoms with Crippen LogP contribution in [-0.4, -0.2) is 5.71 Å². The minimum atomic E-state index is 0.215. The molecule has 0 saturated heterocycles. The van der Waals surface area contributed by atoms with Crippen LogP contribution in [-0.2, 0) is 0 Å². The van der Waals surface area contributed by atoms with Crippen molar-refractivity contribution in [3.8, 4) is 0 Å². The van der Waals surface area contributed by atoms with E-state index in [1.54, 1.807) is 0 Å². The Labute approximate surface area is 87.9 Å². The zero-order valence-electron chi connectivity index (χ0n) is 7.81. The van der Waals surface area contributed by atoms with E-state index in [0.717, 1.165) is 17.3 Å². The van der Waals surface area contributed by atoms with Gasteiger partial charge in [-0.2, -0.15) is 0 Å². The Morgan fingerprint density at radius 1 is 1.62 bits per heavy atom. The molecule has 0 fully saturated rings. The largest absolute Gasteiger partial charge is 0.305 e. The smallest absolute Gasteiger partial charge is 0.0386 e. The summed E-state index contributed by atoms with van der Waals surface area (Å²) >= 11 is 3.42. The number of allylic oxidation sites excluding steroid dienone is 5. The van der Waals surface area contributed by atoms with Crippen LogP contribution in [0.3, 0.4) is 0 Å². The fourth-order valence-corrected chi connectivity index (χ4v) is 1.71. The van der Waals surface area contributed by atoms with Gasteiger partial charge in [0, 0.05) is 16.1 Å². The zero-order valence-corrected chi connectivity index (χ0v) is 9.39. The van der Waals surface area contributed by atoms with Gasteiger partial charge in [-0.25, -0.2) is 0 Å². The highest BCUT2D eigenvalue weighted by Crippen LogP contribution is 2.24. The molecule has 2 heteroatoms. The number of hydrogen-bond acceptors (Lipinski definition) is 1. The Hall–Kier alpha value is -0.630. The van der Waals surface area contributed by atoms with Gasteiger partial charge in [0.25, 0.3) is 0 Å². The molecular formula is C11H14BrN. The van der Waals surface area contributed by atoms with E-state index in [1.807, 2.05) is 12.2 Å². The van der Waals surface area contributed by atoms with E-state index in [9.17, 15) is 0 Å². The first-order chi connectivity index (χ1) is 6.13. The molecule has 13 heavy (non-hydrogen) atoms. The molecule has 1 rings (SSSR count). The SMILES string of the molecule is C=C(CC)CC1C=C(Br)C=CC1=N. The lowest BCUT2D eigenvalue weighted by Crippen LogP contribution is -2.12. The van der Waals surface area contributed by atoms with E-state index in [2.05, 4.69) is 35.5 Å².